The molecule has 2 unspecified atom stereocenters. The number of carbonyl (C=O) groups excluding carboxylic acids is 1. The summed E-state index contributed by atoms with van der Waals surface area (Å²) < 4.78 is 5.36. The number of carbonyl (C=O) groups is 1. The minimum atomic E-state index is -0.167. The minimum absolute atomic E-state index is 0.00898. The molecule has 0 aliphatic carbocycles. The quantitative estimate of drug-likeness (QED) is 0.691. The van der Waals surface area contributed by atoms with Gasteiger partial charge in [0.05, 0.1) is 12.0 Å². The molecule has 0 saturated carbocycles. The van der Waals surface area contributed by atoms with Gasteiger partial charge < -0.3 is 10.5 Å². The fourth-order valence-electron chi connectivity index (χ4n) is 1.64. The Labute approximate surface area is 93.4 Å². The first-order chi connectivity index (χ1) is 6.88. The second-order valence-electron chi connectivity index (χ2n) is 4.96. The topological polar surface area (TPSA) is 52.3 Å². The van der Waals surface area contributed by atoms with Crippen LogP contribution in [-0.2, 0) is 9.53 Å². The van der Waals surface area contributed by atoms with Gasteiger partial charge in [0, 0.05) is 6.54 Å². The van der Waals surface area contributed by atoms with Crippen molar-refractivity contribution in [1.29, 1.82) is 0 Å². The summed E-state index contributed by atoms with van der Waals surface area (Å²) in [5.74, 6) is 0.470. The highest BCUT2D eigenvalue weighted by atomic mass is 16.5. The number of ether oxygens (including phenoxy) is 1. The van der Waals surface area contributed by atoms with Crippen molar-refractivity contribution in [3.05, 3.63) is 0 Å². The van der Waals surface area contributed by atoms with Gasteiger partial charge in [-0.2, -0.15) is 0 Å². The first-order valence-corrected chi connectivity index (χ1v) is 5.79. The Morgan fingerprint density at radius 2 is 1.73 bits per heavy atom. The largest absolute Gasteiger partial charge is 0.462 e. The van der Waals surface area contributed by atoms with E-state index < -0.39 is 0 Å². The summed E-state index contributed by atoms with van der Waals surface area (Å²) in [7, 11) is 0. The van der Waals surface area contributed by atoms with Crippen LogP contribution in [0.15, 0.2) is 0 Å². The van der Waals surface area contributed by atoms with Gasteiger partial charge in [-0.25, -0.2) is 0 Å². The Balaban J connectivity index is 4.10. The van der Waals surface area contributed by atoms with Crippen molar-refractivity contribution in [2.75, 3.05) is 6.54 Å². The van der Waals surface area contributed by atoms with E-state index in [0.717, 1.165) is 6.42 Å². The van der Waals surface area contributed by atoms with Crippen LogP contribution < -0.4 is 5.73 Å². The molecule has 0 radical (unpaired) electrons. The van der Waals surface area contributed by atoms with Crippen molar-refractivity contribution in [3.63, 3.8) is 0 Å². The van der Waals surface area contributed by atoms with E-state index in [1.165, 1.54) is 0 Å². The molecule has 0 spiro atoms. The lowest BCUT2D eigenvalue weighted by molar-refractivity contribution is -0.155. The molecule has 0 amide bonds. The zero-order valence-corrected chi connectivity index (χ0v) is 10.6. The number of esters is 1. The molecule has 0 saturated heterocycles. The summed E-state index contributed by atoms with van der Waals surface area (Å²) in [4.78, 5) is 11.7. The molecule has 0 rings (SSSR count). The van der Waals surface area contributed by atoms with Crippen LogP contribution >= 0.6 is 0 Å². The normalized spacial score (nSPS) is 15.5. The van der Waals surface area contributed by atoms with Crippen molar-refractivity contribution < 1.29 is 9.53 Å². The number of rotatable bonds is 6. The molecule has 3 nitrogen and oxygen atoms in total. The predicted octanol–water partition coefficient (Wildman–Crippen LogP) is 2.20. The molecule has 0 fully saturated rings. The number of hydrogen-bond donors (Lipinski definition) is 1. The zero-order valence-electron chi connectivity index (χ0n) is 10.6. The summed E-state index contributed by atoms with van der Waals surface area (Å²) in [5, 5.41) is 0. The predicted molar refractivity (Wildman–Crippen MR) is 62.4 cm³/mol. The van der Waals surface area contributed by atoms with E-state index in [1.54, 1.807) is 0 Å². The highest BCUT2D eigenvalue weighted by Gasteiger charge is 2.23. The van der Waals surface area contributed by atoms with Crippen LogP contribution in [0.5, 0.6) is 0 Å². The third kappa shape index (κ3) is 5.78. The average Bonchev–Trinajstić information content (AvgIpc) is 2.01. The standard InChI is InChI=1S/C12H25NO2/c1-8(2)6-10(5)15-12(14)11(7-13)9(3)4/h8-11H,6-7,13H2,1-5H3. The lowest BCUT2D eigenvalue weighted by Gasteiger charge is -2.21. The van der Waals surface area contributed by atoms with Gasteiger partial charge in [0.25, 0.3) is 0 Å². The fraction of sp³-hybridized carbons (Fsp3) is 0.917. The third-order valence-electron chi connectivity index (χ3n) is 2.48. The third-order valence-corrected chi connectivity index (χ3v) is 2.48. The first kappa shape index (κ1) is 14.4. The monoisotopic (exact) mass is 215 g/mol. The highest BCUT2D eigenvalue weighted by molar-refractivity contribution is 5.73. The molecule has 0 aromatic heterocycles. The van der Waals surface area contributed by atoms with Gasteiger partial charge in [0.15, 0.2) is 0 Å². The molecule has 0 aromatic rings. The van der Waals surface area contributed by atoms with Gasteiger partial charge in [-0.3, -0.25) is 4.79 Å². The van der Waals surface area contributed by atoms with Crippen molar-refractivity contribution in [2.24, 2.45) is 23.5 Å². The molecule has 0 aliphatic heterocycles. The van der Waals surface area contributed by atoms with Gasteiger partial charge >= 0.3 is 5.97 Å². The zero-order chi connectivity index (χ0) is 12.0. The van der Waals surface area contributed by atoms with Crippen LogP contribution in [-0.4, -0.2) is 18.6 Å². The van der Waals surface area contributed by atoms with Crippen LogP contribution in [0.25, 0.3) is 0 Å². The molecule has 2 N–H and O–H groups in total. The smallest absolute Gasteiger partial charge is 0.310 e. The Bertz CT molecular complexity index is 190. The Morgan fingerprint density at radius 3 is 2.07 bits per heavy atom. The maximum atomic E-state index is 11.7. The molecule has 15 heavy (non-hydrogen) atoms. The molecule has 0 heterocycles. The molecular weight excluding hydrogens is 190 g/mol. The Morgan fingerprint density at radius 1 is 1.20 bits per heavy atom. The number of hydrogen-bond acceptors (Lipinski definition) is 3. The van der Waals surface area contributed by atoms with Gasteiger partial charge in [-0.05, 0) is 25.2 Å². The van der Waals surface area contributed by atoms with E-state index in [1.807, 2.05) is 20.8 Å². The van der Waals surface area contributed by atoms with Gasteiger partial charge in [-0.1, -0.05) is 27.7 Å². The number of nitrogens with two attached hydrogens (primary N) is 1. The summed E-state index contributed by atoms with van der Waals surface area (Å²) in [6.07, 6.45) is 0.895. The van der Waals surface area contributed by atoms with Crippen molar-refractivity contribution in [3.8, 4) is 0 Å². The van der Waals surface area contributed by atoms with Gasteiger partial charge in [0.1, 0.15) is 0 Å². The van der Waals surface area contributed by atoms with Gasteiger partial charge in [0.2, 0.25) is 0 Å². The average molecular weight is 215 g/mol. The summed E-state index contributed by atoms with van der Waals surface area (Å²) in [6.45, 7) is 10.5. The second kappa shape index (κ2) is 6.83. The molecular formula is C12H25NO2. The minimum Gasteiger partial charge on any atom is -0.462 e. The second-order valence-corrected chi connectivity index (χ2v) is 4.96. The van der Waals surface area contributed by atoms with Crippen molar-refractivity contribution in [1.82, 2.24) is 0 Å². The maximum absolute atomic E-state index is 11.7. The van der Waals surface area contributed by atoms with E-state index in [2.05, 4.69) is 13.8 Å². The summed E-state index contributed by atoms with van der Waals surface area (Å²) in [5.41, 5.74) is 5.55. The van der Waals surface area contributed by atoms with Crippen molar-refractivity contribution in [2.45, 2.75) is 47.1 Å². The summed E-state index contributed by atoms with van der Waals surface area (Å²) in [6, 6.07) is 0. The molecule has 0 bridgehead atoms. The molecule has 0 aliphatic rings. The molecule has 90 valence electrons. The van der Waals surface area contributed by atoms with E-state index in [-0.39, 0.29) is 23.9 Å². The van der Waals surface area contributed by atoms with E-state index in [0.29, 0.717) is 12.5 Å². The lowest BCUT2D eigenvalue weighted by Crippen LogP contribution is -2.32. The fourth-order valence-corrected chi connectivity index (χ4v) is 1.64. The van der Waals surface area contributed by atoms with E-state index >= 15 is 0 Å². The highest BCUT2D eigenvalue weighted by Crippen LogP contribution is 2.15. The Hall–Kier alpha value is -0.570. The van der Waals surface area contributed by atoms with Crippen LogP contribution in [0.1, 0.15) is 41.0 Å². The van der Waals surface area contributed by atoms with E-state index in [4.69, 9.17) is 10.5 Å². The molecule has 3 heteroatoms. The van der Waals surface area contributed by atoms with Crippen molar-refractivity contribution >= 4 is 5.97 Å². The summed E-state index contributed by atoms with van der Waals surface area (Å²) >= 11 is 0. The SMILES string of the molecule is CC(C)CC(C)OC(=O)C(CN)C(C)C. The molecule has 0 aromatic carbocycles. The van der Waals surface area contributed by atoms with Gasteiger partial charge in [-0.15, -0.1) is 0 Å². The Kier molecular flexibility index (Phi) is 6.57. The maximum Gasteiger partial charge on any atom is 0.310 e. The van der Waals surface area contributed by atoms with Crippen LogP contribution in [0.3, 0.4) is 0 Å². The molecule has 2 atom stereocenters. The lowest BCUT2D eigenvalue weighted by atomic mass is 9.96. The van der Waals surface area contributed by atoms with Crippen LogP contribution in [0.4, 0.5) is 0 Å². The first-order valence-electron chi connectivity index (χ1n) is 5.79. The van der Waals surface area contributed by atoms with Crippen LogP contribution in [0, 0.1) is 17.8 Å². The van der Waals surface area contributed by atoms with E-state index in [9.17, 15) is 4.79 Å². The van der Waals surface area contributed by atoms with Crippen LogP contribution in [0.2, 0.25) is 0 Å².